The van der Waals surface area contributed by atoms with Gasteiger partial charge in [0.1, 0.15) is 5.82 Å². The Morgan fingerprint density at radius 1 is 1.16 bits per heavy atom. The van der Waals surface area contributed by atoms with Gasteiger partial charge in [0, 0.05) is 32.7 Å². The van der Waals surface area contributed by atoms with E-state index in [0.717, 1.165) is 15.4 Å². The highest BCUT2D eigenvalue weighted by Crippen LogP contribution is 2.28. The Morgan fingerprint density at radius 3 is 2.74 bits per heavy atom. The maximum absolute atomic E-state index is 13.2. The number of carbonyl (C=O) groups is 1. The van der Waals surface area contributed by atoms with Crippen molar-refractivity contribution in [3.05, 3.63) is 70.1 Å². The lowest BCUT2D eigenvalue weighted by Crippen LogP contribution is -2.00. The molecule has 3 rings (SSSR count). The van der Waals surface area contributed by atoms with Crippen molar-refractivity contribution in [2.45, 2.75) is 0 Å². The number of hydrogen-bond acceptors (Lipinski definition) is 1. The average molecular weight is 318 g/mol. The molecule has 0 fully saturated rings. The average Bonchev–Trinajstić information content (AvgIpc) is 2.83. The van der Waals surface area contributed by atoms with Crippen molar-refractivity contribution >= 4 is 32.6 Å². The maximum atomic E-state index is 13.2. The van der Waals surface area contributed by atoms with Crippen LogP contribution in [0.2, 0.25) is 0 Å². The topological polar surface area (TPSA) is 32.9 Å². The fourth-order valence-electron chi connectivity index (χ4n) is 2.10. The first kappa shape index (κ1) is 12.1. The van der Waals surface area contributed by atoms with Gasteiger partial charge in [-0.3, -0.25) is 4.79 Å². The molecule has 0 unspecified atom stereocenters. The molecule has 94 valence electrons. The Kier molecular flexibility index (Phi) is 2.95. The Labute approximate surface area is 117 Å². The lowest BCUT2D eigenvalue weighted by molar-refractivity contribution is 0.104. The predicted molar refractivity (Wildman–Crippen MR) is 75.8 cm³/mol. The van der Waals surface area contributed by atoms with Crippen LogP contribution in [0.15, 0.2) is 53.1 Å². The molecule has 0 radical (unpaired) electrons. The number of fused-ring (bicyclic) bond motifs is 1. The van der Waals surface area contributed by atoms with Crippen molar-refractivity contribution in [3.8, 4) is 0 Å². The van der Waals surface area contributed by atoms with Gasteiger partial charge in [0.25, 0.3) is 0 Å². The lowest BCUT2D eigenvalue weighted by atomic mass is 10.0. The van der Waals surface area contributed by atoms with Crippen LogP contribution in [-0.2, 0) is 0 Å². The summed E-state index contributed by atoms with van der Waals surface area (Å²) >= 11 is 3.44. The molecule has 3 aromatic rings. The van der Waals surface area contributed by atoms with E-state index in [1.165, 1.54) is 18.2 Å². The number of hydrogen-bond donors (Lipinski definition) is 1. The molecule has 2 nitrogen and oxygen atoms in total. The third-order valence-corrected chi connectivity index (χ3v) is 3.65. The minimum absolute atomic E-state index is 0.197. The highest BCUT2D eigenvalue weighted by molar-refractivity contribution is 9.10. The van der Waals surface area contributed by atoms with Gasteiger partial charge in [0.2, 0.25) is 0 Å². The quantitative estimate of drug-likeness (QED) is 0.702. The summed E-state index contributed by atoms with van der Waals surface area (Å²) in [6, 6.07) is 11.4. The minimum Gasteiger partial charge on any atom is -0.360 e. The summed E-state index contributed by atoms with van der Waals surface area (Å²) in [7, 11) is 0. The van der Waals surface area contributed by atoms with E-state index in [1.807, 2.05) is 18.2 Å². The normalized spacial score (nSPS) is 10.8. The zero-order valence-electron chi connectivity index (χ0n) is 9.78. The minimum atomic E-state index is -0.412. The fraction of sp³-hybridized carbons (Fsp3) is 0. The van der Waals surface area contributed by atoms with Crippen LogP contribution < -0.4 is 0 Å². The molecule has 4 heteroatoms. The predicted octanol–water partition coefficient (Wildman–Crippen LogP) is 4.30. The summed E-state index contributed by atoms with van der Waals surface area (Å²) in [5.74, 6) is -0.609. The Balaban J connectivity index is 2.17. The van der Waals surface area contributed by atoms with Gasteiger partial charge in [-0.2, -0.15) is 0 Å². The first-order valence-corrected chi connectivity index (χ1v) is 6.52. The summed E-state index contributed by atoms with van der Waals surface area (Å²) in [5, 5.41) is 0.816. The number of H-pyrrole nitrogens is 1. The van der Waals surface area contributed by atoms with Gasteiger partial charge in [-0.15, -0.1) is 0 Å². The van der Waals surface area contributed by atoms with E-state index in [0.29, 0.717) is 11.1 Å². The van der Waals surface area contributed by atoms with Gasteiger partial charge in [-0.1, -0.05) is 34.1 Å². The SMILES string of the molecule is O=C(c1cccc(F)c1)c1c[nH]c2cccc(Br)c12. The molecule has 0 amide bonds. The van der Waals surface area contributed by atoms with Crippen molar-refractivity contribution in [3.63, 3.8) is 0 Å². The summed E-state index contributed by atoms with van der Waals surface area (Å²) in [5.41, 5.74) is 1.75. The van der Waals surface area contributed by atoms with Gasteiger partial charge < -0.3 is 4.98 Å². The Morgan fingerprint density at radius 2 is 1.95 bits per heavy atom. The second-order valence-corrected chi connectivity index (χ2v) is 5.06. The number of aromatic amines is 1. The molecule has 1 heterocycles. The van der Waals surface area contributed by atoms with Crippen LogP contribution in [0.5, 0.6) is 0 Å². The largest absolute Gasteiger partial charge is 0.360 e. The second kappa shape index (κ2) is 4.63. The van der Waals surface area contributed by atoms with Gasteiger partial charge in [-0.05, 0) is 24.3 Å². The zero-order chi connectivity index (χ0) is 13.4. The molecule has 2 aromatic carbocycles. The number of rotatable bonds is 2. The number of nitrogens with one attached hydrogen (secondary N) is 1. The van der Waals surface area contributed by atoms with Gasteiger partial charge in [0.15, 0.2) is 5.78 Å². The molecule has 0 aliphatic rings. The van der Waals surface area contributed by atoms with Crippen molar-refractivity contribution < 1.29 is 9.18 Å². The van der Waals surface area contributed by atoms with E-state index in [1.54, 1.807) is 12.3 Å². The van der Waals surface area contributed by atoms with Crippen molar-refractivity contribution in [1.82, 2.24) is 4.98 Å². The van der Waals surface area contributed by atoms with Crippen LogP contribution in [0.4, 0.5) is 4.39 Å². The first-order valence-electron chi connectivity index (χ1n) is 5.72. The molecule has 0 saturated heterocycles. The number of halogens is 2. The first-order chi connectivity index (χ1) is 9.16. The van der Waals surface area contributed by atoms with E-state index in [9.17, 15) is 9.18 Å². The molecule has 0 spiro atoms. The number of ketones is 1. The molecule has 0 saturated carbocycles. The van der Waals surface area contributed by atoms with Crippen LogP contribution in [-0.4, -0.2) is 10.8 Å². The van der Waals surface area contributed by atoms with Crippen LogP contribution in [0.1, 0.15) is 15.9 Å². The Bertz CT molecular complexity index is 779. The van der Waals surface area contributed by atoms with E-state index >= 15 is 0 Å². The van der Waals surface area contributed by atoms with E-state index < -0.39 is 5.82 Å². The van der Waals surface area contributed by atoms with Crippen molar-refractivity contribution in [1.29, 1.82) is 0 Å². The molecular weight excluding hydrogens is 309 g/mol. The van der Waals surface area contributed by atoms with E-state index in [2.05, 4.69) is 20.9 Å². The van der Waals surface area contributed by atoms with E-state index in [4.69, 9.17) is 0 Å². The maximum Gasteiger partial charge on any atom is 0.195 e. The van der Waals surface area contributed by atoms with Crippen LogP contribution in [0.25, 0.3) is 10.9 Å². The molecule has 1 N–H and O–H groups in total. The summed E-state index contributed by atoms with van der Waals surface area (Å²) in [6.45, 7) is 0. The van der Waals surface area contributed by atoms with Crippen molar-refractivity contribution in [2.24, 2.45) is 0 Å². The lowest BCUT2D eigenvalue weighted by Gasteiger charge is -2.01. The summed E-state index contributed by atoms with van der Waals surface area (Å²) in [4.78, 5) is 15.5. The molecule has 0 bridgehead atoms. The fourth-order valence-corrected chi connectivity index (χ4v) is 2.68. The zero-order valence-corrected chi connectivity index (χ0v) is 11.4. The highest BCUT2D eigenvalue weighted by Gasteiger charge is 2.16. The number of carbonyl (C=O) groups excluding carboxylic acids is 1. The summed E-state index contributed by atoms with van der Waals surface area (Å²) in [6.07, 6.45) is 1.66. The molecule has 0 aliphatic heterocycles. The van der Waals surface area contributed by atoms with Crippen molar-refractivity contribution in [2.75, 3.05) is 0 Å². The van der Waals surface area contributed by atoms with Gasteiger partial charge in [-0.25, -0.2) is 4.39 Å². The smallest absolute Gasteiger partial charge is 0.195 e. The molecule has 1 aromatic heterocycles. The molecule has 19 heavy (non-hydrogen) atoms. The standard InChI is InChI=1S/C15H9BrFNO/c16-12-5-2-6-13-14(12)11(8-18-13)15(19)9-3-1-4-10(17)7-9/h1-8,18H. The van der Waals surface area contributed by atoms with Gasteiger partial charge in [0.05, 0.1) is 0 Å². The molecule has 0 atom stereocenters. The number of aromatic nitrogens is 1. The van der Waals surface area contributed by atoms with Gasteiger partial charge >= 0.3 is 0 Å². The third kappa shape index (κ3) is 2.08. The Hall–Kier alpha value is -1.94. The molecule has 0 aliphatic carbocycles. The van der Waals surface area contributed by atoms with Crippen LogP contribution >= 0.6 is 15.9 Å². The number of benzene rings is 2. The summed E-state index contributed by atoms with van der Waals surface area (Å²) < 4.78 is 14.0. The molecular formula is C15H9BrFNO. The second-order valence-electron chi connectivity index (χ2n) is 4.20. The highest BCUT2D eigenvalue weighted by atomic mass is 79.9. The monoisotopic (exact) mass is 317 g/mol. The van der Waals surface area contributed by atoms with Crippen LogP contribution in [0, 0.1) is 5.82 Å². The van der Waals surface area contributed by atoms with Crippen LogP contribution in [0.3, 0.4) is 0 Å². The third-order valence-electron chi connectivity index (χ3n) is 2.99. The van der Waals surface area contributed by atoms with E-state index in [-0.39, 0.29) is 5.78 Å².